The maximum Gasteiger partial charge on any atom is 0.442 e. The maximum absolute atomic E-state index is 13.9. The summed E-state index contributed by atoms with van der Waals surface area (Å²) in [6.07, 6.45) is -7.93. The molecule has 0 fully saturated rings. The highest BCUT2D eigenvalue weighted by molar-refractivity contribution is 7.93. The van der Waals surface area contributed by atoms with Crippen LogP contribution in [0.1, 0.15) is 22.8 Å². The number of hydrogen-bond donors (Lipinski definition) is 1. The lowest BCUT2D eigenvalue weighted by Crippen LogP contribution is -2.29. The Labute approximate surface area is 150 Å². The number of aliphatic hydroxyl groups excluding tert-OH is 1. The number of halogens is 6. The molecule has 4 nitrogen and oxygen atoms in total. The number of nitriles is 1. The molecular formula is C16H7F6NO3S. The number of alkyl halides is 5. The second-order valence-corrected chi connectivity index (χ2v) is 6.96. The second-order valence-electron chi connectivity index (χ2n) is 5.47. The predicted octanol–water partition coefficient (Wildman–Crippen LogP) is 4.26. The Bertz CT molecular complexity index is 956. The largest absolute Gasteiger partial charge is 0.607 e. The van der Waals surface area contributed by atoms with E-state index in [1.807, 2.05) is 0 Å². The molecule has 3 rings (SSSR count). The van der Waals surface area contributed by atoms with E-state index in [9.17, 15) is 36.0 Å². The molecule has 142 valence electrons. The van der Waals surface area contributed by atoms with Gasteiger partial charge in [-0.15, -0.1) is 0 Å². The Balaban J connectivity index is 2.18. The first-order chi connectivity index (χ1) is 12.5. The summed E-state index contributed by atoms with van der Waals surface area (Å²) in [5.41, 5.74) is -2.80. The zero-order chi connectivity index (χ0) is 20.1. The molecule has 0 saturated carbocycles. The number of rotatable bonds is 2. The summed E-state index contributed by atoms with van der Waals surface area (Å²) in [6.45, 7) is 0. The first kappa shape index (κ1) is 19.3. The van der Waals surface area contributed by atoms with E-state index in [0.29, 0.717) is 12.1 Å². The highest BCUT2D eigenvalue weighted by Gasteiger charge is 2.64. The molecule has 0 spiro atoms. The van der Waals surface area contributed by atoms with Crippen LogP contribution in [0.15, 0.2) is 35.2 Å². The molecule has 0 bridgehead atoms. The summed E-state index contributed by atoms with van der Waals surface area (Å²) in [5, 5.41) is 14.2. The topological polar surface area (TPSA) is 76.3 Å². The zero-order valence-corrected chi connectivity index (χ0v) is 13.7. The van der Waals surface area contributed by atoms with Gasteiger partial charge in [-0.2, -0.15) is 27.2 Å². The molecule has 1 N–H and O–H groups in total. The lowest BCUT2D eigenvalue weighted by molar-refractivity contribution is -0.140. The van der Waals surface area contributed by atoms with Gasteiger partial charge >= 0.3 is 11.4 Å². The minimum atomic E-state index is -5.11. The van der Waals surface area contributed by atoms with Gasteiger partial charge in [-0.1, -0.05) is 0 Å². The average Bonchev–Trinajstić information content (AvgIpc) is 2.75. The van der Waals surface area contributed by atoms with Crippen LogP contribution in [0.2, 0.25) is 0 Å². The number of hydrogen-bond acceptors (Lipinski definition) is 4. The molecule has 11 heteroatoms. The van der Waals surface area contributed by atoms with E-state index in [4.69, 9.17) is 10.00 Å². The molecule has 0 radical (unpaired) electrons. The van der Waals surface area contributed by atoms with Crippen LogP contribution in [0.25, 0.3) is 0 Å². The molecule has 2 unspecified atom stereocenters. The molecule has 0 aromatic heterocycles. The molecule has 0 amide bonds. The molecule has 2 aromatic carbocycles. The third-order valence-electron chi connectivity index (χ3n) is 3.71. The van der Waals surface area contributed by atoms with Crippen molar-refractivity contribution in [1.29, 1.82) is 5.26 Å². The minimum absolute atomic E-state index is 0.192. The number of benzene rings is 2. The van der Waals surface area contributed by atoms with Gasteiger partial charge < -0.3 is 14.4 Å². The molecule has 0 aliphatic carbocycles. The van der Waals surface area contributed by atoms with Gasteiger partial charge in [0.2, 0.25) is 6.10 Å². The van der Waals surface area contributed by atoms with Crippen molar-refractivity contribution < 1.29 is 40.7 Å². The number of aliphatic hydroxyl groups is 1. The fraction of sp³-hybridized carbons (Fsp3) is 0.188. The summed E-state index contributed by atoms with van der Waals surface area (Å²) in [6, 6.07) is 5.28. The third kappa shape index (κ3) is 3.20. The van der Waals surface area contributed by atoms with E-state index >= 15 is 0 Å². The lowest BCUT2D eigenvalue weighted by Gasteiger charge is -2.16. The van der Waals surface area contributed by atoms with Gasteiger partial charge in [-0.25, -0.2) is 4.39 Å². The Morgan fingerprint density at radius 1 is 1.22 bits per heavy atom. The van der Waals surface area contributed by atoms with Gasteiger partial charge in [0, 0.05) is 6.07 Å². The number of fused-ring (bicyclic) bond motifs is 1. The van der Waals surface area contributed by atoms with E-state index in [1.54, 1.807) is 6.07 Å². The Morgan fingerprint density at radius 2 is 1.89 bits per heavy atom. The van der Waals surface area contributed by atoms with Crippen LogP contribution < -0.4 is 4.74 Å². The van der Waals surface area contributed by atoms with Crippen LogP contribution in [0.5, 0.6) is 11.5 Å². The van der Waals surface area contributed by atoms with E-state index in [2.05, 4.69) is 0 Å². The molecule has 27 heavy (non-hydrogen) atoms. The first-order valence-electron chi connectivity index (χ1n) is 7.07. The summed E-state index contributed by atoms with van der Waals surface area (Å²) in [7, 11) is 0. The summed E-state index contributed by atoms with van der Waals surface area (Å²) < 4.78 is 97.7. The van der Waals surface area contributed by atoms with Crippen molar-refractivity contribution in [2.45, 2.75) is 22.4 Å². The Morgan fingerprint density at radius 3 is 2.48 bits per heavy atom. The molecule has 1 aliphatic rings. The fourth-order valence-electron chi connectivity index (χ4n) is 2.57. The van der Waals surface area contributed by atoms with Crippen molar-refractivity contribution in [2.75, 3.05) is 0 Å². The van der Waals surface area contributed by atoms with Crippen molar-refractivity contribution in [3.63, 3.8) is 0 Å². The number of nitrogens with zero attached hydrogens (tertiary/aromatic N) is 1. The van der Waals surface area contributed by atoms with Crippen LogP contribution in [-0.2, 0) is 17.4 Å². The average molecular weight is 407 g/mol. The van der Waals surface area contributed by atoms with E-state index in [0.717, 1.165) is 18.2 Å². The zero-order valence-electron chi connectivity index (χ0n) is 12.9. The Hall–Kier alpha value is -2.42. The molecule has 2 aromatic rings. The maximum atomic E-state index is 13.9. The summed E-state index contributed by atoms with van der Waals surface area (Å²) in [4.78, 5) is -1.30. The van der Waals surface area contributed by atoms with Crippen LogP contribution in [0.4, 0.5) is 26.3 Å². The normalized spacial score (nSPS) is 20.9. The molecule has 1 heterocycles. The van der Waals surface area contributed by atoms with Crippen LogP contribution in [0, 0.1) is 17.1 Å². The van der Waals surface area contributed by atoms with Crippen molar-refractivity contribution >= 4 is 11.2 Å². The molecular weight excluding hydrogens is 400 g/mol. The smallest absolute Gasteiger partial charge is 0.442 e. The van der Waals surface area contributed by atoms with E-state index in [1.165, 1.54) is 0 Å². The van der Waals surface area contributed by atoms with Crippen LogP contribution >= 0.6 is 0 Å². The van der Waals surface area contributed by atoms with Crippen LogP contribution in [0.3, 0.4) is 0 Å². The van der Waals surface area contributed by atoms with Crippen molar-refractivity contribution in [2.24, 2.45) is 0 Å². The van der Waals surface area contributed by atoms with Crippen molar-refractivity contribution in [3.8, 4) is 17.6 Å². The predicted molar refractivity (Wildman–Crippen MR) is 78.9 cm³/mol. The van der Waals surface area contributed by atoms with Gasteiger partial charge in [0.1, 0.15) is 22.9 Å². The monoisotopic (exact) mass is 407 g/mol. The van der Waals surface area contributed by atoms with Gasteiger partial charge in [0.15, 0.2) is 4.90 Å². The fourth-order valence-corrected chi connectivity index (χ4v) is 3.96. The van der Waals surface area contributed by atoms with Gasteiger partial charge in [-0.05, 0) is 24.3 Å². The second kappa shape index (κ2) is 6.33. The van der Waals surface area contributed by atoms with Crippen LogP contribution in [-0.4, -0.2) is 14.9 Å². The quantitative estimate of drug-likeness (QED) is 0.596. The Kier molecular flexibility index (Phi) is 4.54. The van der Waals surface area contributed by atoms with E-state index in [-0.39, 0.29) is 11.3 Å². The summed E-state index contributed by atoms with van der Waals surface area (Å²) >= 11 is -3.48. The highest BCUT2D eigenvalue weighted by atomic mass is 32.2. The molecule has 0 saturated heterocycles. The van der Waals surface area contributed by atoms with Gasteiger partial charge in [0.05, 0.1) is 28.4 Å². The highest BCUT2D eigenvalue weighted by Crippen LogP contribution is 2.55. The SMILES string of the molecule is N#Cc1cc(F)cc(Oc2ccc(C(F)(F)F)c3c2C(O)C(F)(F)[S+]3[O-])c1. The molecule has 2 atom stereocenters. The van der Waals surface area contributed by atoms with E-state index < -0.39 is 56.3 Å². The standard InChI is InChI=1S/C16H7F6NO3S/c17-8-3-7(6-23)4-9(5-8)26-11-2-1-10(15(18,19)20)13-12(11)14(24)16(21,22)27(13)25/h1-5,14,24H. The van der Waals surface area contributed by atoms with Crippen molar-refractivity contribution in [3.05, 3.63) is 52.8 Å². The van der Waals surface area contributed by atoms with Crippen molar-refractivity contribution in [1.82, 2.24) is 0 Å². The molecule has 1 aliphatic heterocycles. The van der Waals surface area contributed by atoms with Gasteiger partial charge in [0.25, 0.3) is 0 Å². The third-order valence-corrected chi connectivity index (χ3v) is 5.24. The summed E-state index contributed by atoms with van der Waals surface area (Å²) in [5.74, 6) is -1.95. The lowest BCUT2D eigenvalue weighted by atomic mass is 10.0. The minimum Gasteiger partial charge on any atom is -0.607 e. The number of ether oxygens (including phenoxy) is 1. The van der Waals surface area contributed by atoms with Gasteiger partial charge in [-0.3, -0.25) is 0 Å². The first-order valence-corrected chi connectivity index (χ1v) is 8.22.